The second-order valence-corrected chi connectivity index (χ2v) is 6.55. The molecular weight excluding hydrogens is 310 g/mol. The number of nitrogens with one attached hydrogen (secondary N) is 1. The van der Waals surface area contributed by atoms with Gasteiger partial charge in [0, 0.05) is 24.3 Å². The van der Waals surface area contributed by atoms with E-state index in [9.17, 15) is 4.79 Å². The van der Waals surface area contributed by atoms with Crippen LogP contribution in [0.1, 0.15) is 47.7 Å². The van der Waals surface area contributed by atoms with Crippen molar-refractivity contribution in [2.75, 3.05) is 18.0 Å². The maximum absolute atomic E-state index is 12.2. The van der Waals surface area contributed by atoms with Crippen molar-refractivity contribution in [2.45, 2.75) is 33.1 Å². The van der Waals surface area contributed by atoms with Gasteiger partial charge in [0.2, 0.25) is 0 Å². The minimum Gasteiger partial charge on any atom is -0.372 e. The summed E-state index contributed by atoms with van der Waals surface area (Å²) >= 11 is 0. The van der Waals surface area contributed by atoms with E-state index in [0.29, 0.717) is 5.56 Å². The Hall–Kier alpha value is -2.62. The van der Waals surface area contributed by atoms with Gasteiger partial charge >= 0.3 is 0 Å². The molecule has 0 unspecified atom stereocenters. The zero-order chi connectivity index (χ0) is 17.6. The standard InChI is InChI=1S/C21H25N3O/c1-16-8-4-5-9-20(16)21(25)23-22-17(2)18-10-12-19(13-11-18)24-14-6-3-7-15-24/h4-5,8-13H,3,6-7,14-15H2,1-2H3,(H,23,25)/b22-17-. The van der Waals surface area contributed by atoms with E-state index in [1.165, 1.54) is 24.9 Å². The molecule has 0 spiro atoms. The second-order valence-electron chi connectivity index (χ2n) is 6.55. The average molecular weight is 335 g/mol. The first-order chi connectivity index (χ1) is 12.1. The third kappa shape index (κ3) is 4.27. The summed E-state index contributed by atoms with van der Waals surface area (Å²) in [5.74, 6) is -0.178. The number of anilines is 1. The zero-order valence-electron chi connectivity index (χ0n) is 15.0. The minimum atomic E-state index is -0.178. The number of carbonyl (C=O) groups excluding carboxylic acids is 1. The van der Waals surface area contributed by atoms with Gasteiger partial charge < -0.3 is 4.90 Å². The van der Waals surface area contributed by atoms with Gasteiger partial charge in [-0.2, -0.15) is 5.10 Å². The molecule has 2 aromatic rings. The molecule has 0 atom stereocenters. The molecular formula is C21H25N3O. The molecule has 25 heavy (non-hydrogen) atoms. The Morgan fingerprint density at radius 2 is 1.68 bits per heavy atom. The van der Waals surface area contributed by atoms with Crippen molar-refractivity contribution in [2.24, 2.45) is 5.10 Å². The summed E-state index contributed by atoms with van der Waals surface area (Å²) in [4.78, 5) is 14.7. The first kappa shape index (κ1) is 17.2. The van der Waals surface area contributed by atoms with Gasteiger partial charge in [0.15, 0.2) is 0 Å². The Bertz CT molecular complexity index is 759. The van der Waals surface area contributed by atoms with Crippen molar-refractivity contribution < 1.29 is 4.79 Å². The summed E-state index contributed by atoms with van der Waals surface area (Å²) in [6, 6.07) is 15.9. The topological polar surface area (TPSA) is 44.7 Å². The first-order valence-corrected chi connectivity index (χ1v) is 8.91. The van der Waals surface area contributed by atoms with Gasteiger partial charge in [-0.3, -0.25) is 4.79 Å². The Balaban J connectivity index is 1.66. The number of hydrogen-bond donors (Lipinski definition) is 1. The Morgan fingerprint density at radius 1 is 1.00 bits per heavy atom. The smallest absolute Gasteiger partial charge is 0.271 e. The predicted molar refractivity (Wildman–Crippen MR) is 103 cm³/mol. The Morgan fingerprint density at radius 3 is 2.36 bits per heavy atom. The quantitative estimate of drug-likeness (QED) is 0.674. The number of hydrazone groups is 1. The lowest BCUT2D eigenvalue weighted by Gasteiger charge is -2.28. The van der Waals surface area contributed by atoms with Gasteiger partial charge in [0.05, 0.1) is 5.71 Å². The van der Waals surface area contributed by atoms with Crippen LogP contribution in [-0.4, -0.2) is 24.7 Å². The van der Waals surface area contributed by atoms with E-state index in [-0.39, 0.29) is 5.91 Å². The van der Waals surface area contributed by atoms with Crippen molar-refractivity contribution in [3.63, 3.8) is 0 Å². The van der Waals surface area contributed by atoms with Crippen LogP contribution in [0, 0.1) is 6.92 Å². The molecule has 0 radical (unpaired) electrons. The van der Waals surface area contributed by atoms with E-state index in [1.54, 1.807) is 0 Å². The van der Waals surface area contributed by atoms with Crippen LogP contribution in [-0.2, 0) is 0 Å². The molecule has 1 N–H and O–H groups in total. The fourth-order valence-electron chi connectivity index (χ4n) is 3.15. The fraction of sp³-hybridized carbons (Fsp3) is 0.333. The van der Waals surface area contributed by atoms with Crippen LogP contribution in [0.25, 0.3) is 0 Å². The molecule has 2 aromatic carbocycles. The van der Waals surface area contributed by atoms with Crippen molar-refractivity contribution in [1.82, 2.24) is 5.43 Å². The van der Waals surface area contributed by atoms with Crippen LogP contribution in [0.2, 0.25) is 0 Å². The summed E-state index contributed by atoms with van der Waals surface area (Å²) in [6.45, 7) is 6.11. The number of piperidine rings is 1. The molecule has 0 aliphatic carbocycles. The van der Waals surface area contributed by atoms with Crippen LogP contribution < -0.4 is 10.3 Å². The molecule has 1 heterocycles. The van der Waals surface area contributed by atoms with E-state index in [2.05, 4.69) is 39.7 Å². The number of carbonyl (C=O) groups is 1. The molecule has 3 rings (SSSR count). The molecule has 1 aliphatic rings. The first-order valence-electron chi connectivity index (χ1n) is 8.91. The van der Waals surface area contributed by atoms with Crippen molar-refractivity contribution in [1.29, 1.82) is 0 Å². The SMILES string of the molecule is C/C(=N/NC(=O)c1ccccc1C)c1ccc(N2CCCCC2)cc1. The molecule has 1 fully saturated rings. The van der Waals surface area contributed by atoms with Crippen LogP contribution >= 0.6 is 0 Å². The van der Waals surface area contributed by atoms with E-state index in [4.69, 9.17) is 0 Å². The highest BCUT2D eigenvalue weighted by Crippen LogP contribution is 2.20. The van der Waals surface area contributed by atoms with Gasteiger partial charge in [-0.25, -0.2) is 5.43 Å². The maximum atomic E-state index is 12.2. The van der Waals surface area contributed by atoms with E-state index in [1.807, 2.05) is 38.1 Å². The second kappa shape index (κ2) is 7.97. The highest BCUT2D eigenvalue weighted by atomic mass is 16.2. The minimum absolute atomic E-state index is 0.178. The lowest BCUT2D eigenvalue weighted by atomic mass is 10.1. The number of nitrogens with zero attached hydrogens (tertiary/aromatic N) is 2. The molecule has 4 nitrogen and oxygen atoms in total. The number of amides is 1. The van der Waals surface area contributed by atoms with Crippen molar-refractivity contribution >= 4 is 17.3 Å². The Labute approximate surface area is 149 Å². The van der Waals surface area contributed by atoms with Crippen LogP contribution in [0.15, 0.2) is 53.6 Å². The third-order valence-electron chi connectivity index (χ3n) is 4.72. The summed E-state index contributed by atoms with van der Waals surface area (Å²) in [5.41, 5.74) is 7.33. The molecule has 130 valence electrons. The fourth-order valence-corrected chi connectivity index (χ4v) is 3.15. The normalized spacial score (nSPS) is 15.1. The van der Waals surface area contributed by atoms with E-state index in [0.717, 1.165) is 29.9 Å². The summed E-state index contributed by atoms with van der Waals surface area (Å²) in [7, 11) is 0. The molecule has 4 heteroatoms. The lowest BCUT2D eigenvalue weighted by Crippen LogP contribution is -2.29. The molecule has 0 bridgehead atoms. The highest BCUT2D eigenvalue weighted by molar-refractivity contribution is 6.01. The van der Waals surface area contributed by atoms with Crippen molar-refractivity contribution in [3.05, 3.63) is 65.2 Å². The van der Waals surface area contributed by atoms with Gasteiger partial charge in [0.1, 0.15) is 0 Å². The molecule has 1 amide bonds. The van der Waals surface area contributed by atoms with Gasteiger partial charge in [-0.05, 0) is 62.4 Å². The third-order valence-corrected chi connectivity index (χ3v) is 4.72. The van der Waals surface area contributed by atoms with E-state index < -0.39 is 0 Å². The molecule has 1 saturated heterocycles. The predicted octanol–water partition coefficient (Wildman–Crippen LogP) is 4.14. The number of benzene rings is 2. The van der Waals surface area contributed by atoms with E-state index >= 15 is 0 Å². The summed E-state index contributed by atoms with van der Waals surface area (Å²) in [6.07, 6.45) is 3.88. The largest absolute Gasteiger partial charge is 0.372 e. The number of hydrogen-bond acceptors (Lipinski definition) is 3. The molecule has 1 aliphatic heterocycles. The van der Waals surface area contributed by atoms with Crippen LogP contribution in [0.4, 0.5) is 5.69 Å². The highest BCUT2D eigenvalue weighted by Gasteiger charge is 2.11. The summed E-state index contributed by atoms with van der Waals surface area (Å²) < 4.78 is 0. The lowest BCUT2D eigenvalue weighted by molar-refractivity contribution is 0.0954. The molecule has 0 saturated carbocycles. The molecule has 0 aromatic heterocycles. The van der Waals surface area contributed by atoms with Crippen LogP contribution in [0.5, 0.6) is 0 Å². The maximum Gasteiger partial charge on any atom is 0.271 e. The van der Waals surface area contributed by atoms with Gasteiger partial charge in [0.25, 0.3) is 5.91 Å². The van der Waals surface area contributed by atoms with Gasteiger partial charge in [-0.15, -0.1) is 0 Å². The zero-order valence-corrected chi connectivity index (χ0v) is 15.0. The van der Waals surface area contributed by atoms with Crippen LogP contribution in [0.3, 0.4) is 0 Å². The summed E-state index contributed by atoms with van der Waals surface area (Å²) in [5, 5.41) is 4.26. The number of rotatable bonds is 4. The Kier molecular flexibility index (Phi) is 5.49. The number of aryl methyl sites for hydroxylation is 1. The monoisotopic (exact) mass is 335 g/mol. The average Bonchev–Trinajstić information content (AvgIpc) is 2.67. The van der Waals surface area contributed by atoms with Crippen molar-refractivity contribution in [3.8, 4) is 0 Å². The van der Waals surface area contributed by atoms with Gasteiger partial charge in [-0.1, -0.05) is 30.3 Å².